The van der Waals surface area contributed by atoms with Gasteiger partial charge in [0, 0.05) is 19.8 Å². The van der Waals surface area contributed by atoms with Crippen LogP contribution in [0.25, 0.3) is 0 Å². The van der Waals surface area contributed by atoms with Crippen LogP contribution in [-0.4, -0.2) is 35.0 Å². The minimum absolute atomic E-state index is 0.00195. The van der Waals surface area contributed by atoms with Gasteiger partial charge in [-0.15, -0.1) is 0 Å². The Morgan fingerprint density at radius 2 is 1.37 bits per heavy atom. The topological polar surface area (TPSA) is 95.5 Å². The number of rotatable bonds is 8. The lowest BCUT2D eigenvalue weighted by molar-refractivity contribution is -0.142. The normalized spacial score (nSPS) is 13.2. The second-order valence-corrected chi connectivity index (χ2v) is 8.49. The van der Waals surface area contributed by atoms with Crippen molar-refractivity contribution in [2.75, 3.05) is 0 Å². The molecule has 0 aromatic heterocycles. The molecule has 0 aliphatic heterocycles. The number of carboxylic acids is 1. The van der Waals surface area contributed by atoms with E-state index in [9.17, 15) is 19.5 Å². The minimum Gasteiger partial charge on any atom is -0.480 e. The number of carbonyl (C=O) groups excluding carboxylic acids is 2. The molecular formula is C24H30N2O4. The van der Waals surface area contributed by atoms with E-state index >= 15 is 0 Å². The summed E-state index contributed by atoms with van der Waals surface area (Å²) in [6, 6.07) is 15.1. The van der Waals surface area contributed by atoms with Gasteiger partial charge in [0.05, 0.1) is 0 Å². The van der Waals surface area contributed by atoms with Crippen LogP contribution >= 0.6 is 0 Å². The van der Waals surface area contributed by atoms with Crippen LogP contribution in [0.4, 0.5) is 0 Å². The fourth-order valence-corrected chi connectivity index (χ4v) is 3.15. The van der Waals surface area contributed by atoms with Crippen LogP contribution in [0.15, 0.2) is 54.6 Å². The Morgan fingerprint density at radius 3 is 1.87 bits per heavy atom. The zero-order chi connectivity index (χ0) is 22.3. The summed E-state index contributed by atoms with van der Waals surface area (Å²) in [6.45, 7) is 7.66. The molecule has 0 heterocycles. The highest BCUT2D eigenvalue weighted by molar-refractivity contribution is 5.90. The van der Waals surface area contributed by atoms with Gasteiger partial charge < -0.3 is 15.7 Å². The molecule has 0 bridgehead atoms. The first kappa shape index (κ1) is 23.1. The van der Waals surface area contributed by atoms with Gasteiger partial charge in [-0.2, -0.15) is 0 Å². The van der Waals surface area contributed by atoms with Gasteiger partial charge in [0.15, 0.2) is 0 Å². The highest BCUT2D eigenvalue weighted by Gasteiger charge is 2.26. The van der Waals surface area contributed by atoms with Crippen molar-refractivity contribution >= 4 is 17.8 Å². The highest BCUT2D eigenvalue weighted by atomic mass is 16.4. The molecule has 0 radical (unpaired) electrons. The lowest BCUT2D eigenvalue weighted by Gasteiger charge is -2.22. The van der Waals surface area contributed by atoms with Crippen LogP contribution in [-0.2, 0) is 32.6 Å². The molecule has 2 atom stereocenters. The van der Waals surface area contributed by atoms with Gasteiger partial charge in [0.2, 0.25) is 11.8 Å². The molecule has 6 nitrogen and oxygen atoms in total. The number of benzene rings is 2. The molecular weight excluding hydrogens is 380 g/mol. The van der Waals surface area contributed by atoms with Gasteiger partial charge >= 0.3 is 5.97 Å². The monoisotopic (exact) mass is 410 g/mol. The molecule has 2 aromatic rings. The molecule has 2 aromatic carbocycles. The number of carbonyl (C=O) groups is 3. The summed E-state index contributed by atoms with van der Waals surface area (Å²) in [7, 11) is 0. The molecule has 0 spiro atoms. The van der Waals surface area contributed by atoms with Crippen molar-refractivity contribution in [2.24, 2.45) is 0 Å². The van der Waals surface area contributed by atoms with Gasteiger partial charge in [-0.05, 0) is 22.1 Å². The van der Waals surface area contributed by atoms with E-state index in [2.05, 4.69) is 31.4 Å². The predicted molar refractivity (Wildman–Crippen MR) is 116 cm³/mol. The third-order valence-electron chi connectivity index (χ3n) is 4.85. The number of amides is 2. The molecule has 2 amide bonds. The average molecular weight is 411 g/mol. The molecule has 0 saturated carbocycles. The van der Waals surface area contributed by atoms with Gasteiger partial charge in [-0.25, -0.2) is 4.79 Å². The number of carboxylic acid groups (broad SMARTS) is 1. The molecule has 160 valence electrons. The highest BCUT2D eigenvalue weighted by Crippen LogP contribution is 2.22. The molecule has 3 N–H and O–H groups in total. The molecule has 2 rings (SSSR count). The fourth-order valence-electron chi connectivity index (χ4n) is 3.15. The Morgan fingerprint density at radius 1 is 0.833 bits per heavy atom. The largest absolute Gasteiger partial charge is 0.480 e. The average Bonchev–Trinajstić information content (AvgIpc) is 2.67. The van der Waals surface area contributed by atoms with E-state index < -0.39 is 24.0 Å². The van der Waals surface area contributed by atoms with Crippen LogP contribution < -0.4 is 10.6 Å². The number of hydrogen-bond donors (Lipinski definition) is 3. The maximum atomic E-state index is 12.8. The zero-order valence-corrected chi connectivity index (χ0v) is 17.9. The summed E-state index contributed by atoms with van der Waals surface area (Å²) < 4.78 is 0. The van der Waals surface area contributed by atoms with Crippen LogP contribution in [0.3, 0.4) is 0 Å². The second-order valence-electron chi connectivity index (χ2n) is 8.49. The maximum absolute atomic E-state index is 12.8. The summed E-state index contributed by atoms with van der Waals surface area (Å²) in [6.07, 6.45) is 0.433. The minimum atomic E-state index is -1.12. The SMILES string of the molecule is CC(=O)N[C@H](Cc1ccccc1)C(=O)N[C@@H](Cc1ccc(C(C)(C)C)cc1)C(=O)O. The molecule has 0 unspecified atom stereocenters. The van der Waals surface area contributed by atoms with Crippen molar-refractivity contribution in [3.05, 3.63) is 71.3 Å². The standard InChI is InChI=1S/C24H30N2O4/c1-16(27)25-20(14-17-8-6-5-7-9-17)22(28)26-21(23(29)30)15-18-10-12-19(13-11-18)24(2,3)4/h5-13,20-21H,14-15H2,1-4H3,(H,25,27)(H,26,28)(H,29,30)/t20-,21+/m1/s1. The summed E-state index contributed by atoms with van der Waals surface area (Å²) in [5.41, 5.74) is 2.84. The molecule has 0 aliphatic rings. The maximum Gasteiger partial charge on any atom is 0.326 e. The van der Waals surface area contributed by atoms with Crippen molar-refractivity contribution in [2.45, 2.75) is 58.0 Å². The fraction of sp³-hybridized carbons (Fsp3) is 0.375. The number of hydrogen-bond acceptors (Lipinski definition) is 3. The van der Waals surface area contributed by atoms with E-state index in [-0.39, 0.29) is 24.2 Å². The van der Waals surface area contributed by atoms with Crippen molar-refractivity contribution in [3.8, 4) is 0 Å². The Hall–Kier alpha value is -3.15. The van der Waals surface area contributed by atoms with Crippen LogP contribution in [0.1, 0.15) is 44.4 Å². The third-order valence-corrected chi connectivity index (χ3v) is 4.85. The van der Waals surface area contributed by atoms with Crippen molar-refractivity contribution in [1.82, 2.24) is 10.6 Å². The lowest BCUT2D eigenvalue weighted by Crippen LogP contribution is -2.52. The number of aliphatic carboxylic acids is 1. The Bertz CT molecular complexity index is 870. The first-order chi connectivity index (χ1) is 14.1. The molecule has 0 saturated heterocycles. The summed E-state index contributed by atoms with van der Waals surface area (Å²) in [5, 5.41) is 14.8. The second kappa shape index (κ2) is 10.1. The summed E-state index contributed by atoms with van der Waals surface area (Å²) >= 11 is 0. The first-order valence-electron chi connectivity index (χ1n) is 10.00. The molecule has 0 fully saturated rings. The van der Waals surface area contributed by atoms with Crippen molar-refractivity contribution < 1.29 is 19.5 Å². The van der Waals surface area contributed by atoms with E-state index in [1.165, 1.54) is 6.92 Å². The van der Waals surface area contributed by atoms with E-state index in [0.717, 1.165) is 16.7 Å². The van der Waals surface area contributed by atoms with Crippen LogP contribution in [0.5, 0.6) is 0 Å². The van der Waals surface area contributed by atoms with Crippen molar-refractivity contribution in [3.63, 3.8) is 0 Å². The van der Waals surface area contributed by atoms with Crippen LogP contribution in [0.2, 0.25) is 0 Å². The van der Waals surface area contributed by atoms with Gasteiger partial charge in [0.1, 0.15) is 12.1 Å². The van der Waals surface area contributed by atoms with Gasteiger partial charge in [0.25, 0.3) is 0 Å². The summed E-state index contributed by atoms with van der Waals surface area (Å²) in [5.74, 6) is -1.99. The Kier molecular flexibility index (Phi) is 7.75. The smallest absolute Gasteiger partial charge is 0.326 e. The summed E-state index contributed by atoms with van der Waals surface area (Å²) in [4.78, 5) is 36.1. The lowest BCUT2D eigenvalue weighted by atomic mass is 9.86. The van der Waals surface area contributed by atoms with E-state index in [1.54, 1.807) is 0 Å². The molecule has 0 aliphatic carbocycles. The van der Waals surface area contributed by atoms with E-state index in [0.29, 0.717) is 0 Å². The zero-order valence-electron chi connectivity index (χ0n) is 17.9. The quantitative estimate of drug-likeness (QED) is 0.624. The number of nitrogens with one attached hydrogen (secondary N) is 2. The van der Waals surface area contributed by atoms with E-state index in [1.807, 2.05) is 54.6 Å². The third kappa shape index (κ3) is 7.03. The Labute approximate surface area is 177 Å². The van der Waals surface area contributed by atoms with E-state index in [4.69, 9.17) is 0 Å². The van der Waals surface area contributed by atoms with Gasteiger partial charge in [-0.3, -0.25) is 9.59 Å². The molecule has 6 heteroatoms. The van der Waals surface area contributed by atoms with Crippen LogP contribution in [0, 0.1) is 0 Å². The molecule has 30 heavy (non-hydrogen) atoms. The predicted octanol–water partition coefficient (Wildman–Crippen LogP) is 2.84. The van der Waals surface area contributed by atoms with Crippen molar-refractivity contribution in [1.29, 1.82) is 0 Å². The first-order valence-corrected chi connectivity index (χ1v) is 10.00. The Balaban J connectivity index is 2.11. The van der Waals surface area contributed by atoms with Gasteiger partial charge in [-0.1, -0.05) is 75.4 Å².